The Morgan fingerprint density at radius 1 is 1.05 bits per heavy atom. The molecule has 0 aliphatic rings. The van der Waals surface area contributed by atoms with Crippen molar-refractivity contribution >= 4 is 17.9 Å². The molecule has 0 amide bonds. The van der Waals surface area contributed by atoms with Gasteiger partial charge in [-0.15, -0.1) is 0 Å². The molecule has 1 aromatic carbocycles. The second-order valence-electron chi connectivity index (χ2n) is 4.46. The van der Waals surface area contributed by atoms with Crippen LogP contribution in [0.5, 0.6) is 0 Å². The molecule has 7 heteroatoms. The number of methoxy groups -OCH3 is 2. The molecule has 0 aliphatic heterocycles. The standard InChI is InChI=1S/C15H17FO6/c1-20-13(17)7-11(8-14(18)21-2)15(19)22-9-10-5-3-4-6-12(10)16/h3-6,11H,7-9H2,1-2H3. The summed E-state index contributed by atoms with van der Waals surface area (Å²) in [6.45, 7) is -0.287. The first-order valence-electron chi connectivity index (χ1n) is 6.51. The minimum absolute atomic E-state index is 0.200. The molecule has 1 aromatic rings. The van der Waals surface area contributed by atoms with E-state index in [4.69, 9.17) is 4.74 Å². The van der Waals surface area contributed by atoms with Crippen molar-refractivity contribution in [3.8, 4) is 0 Å². The van der Waals surface area contributed by atoms with Crippen LogP contribution in [0.2, 0.25) is 0 Å². The Morgan fingerprint density at radius 3 is 2.09 bits per heavy atom. The molecule has 0 aromatic heterocycles. The van der Waals surface area contributed by atoms with E-state index in [0.29, 0.717) is 0 Å². The molecule has 0 saturated carbocycles. The van der Waals surface area contributed by atoms with Crippen LogP contribution in [0, 0.1) is 11.7 Å². The van der Waals surface area contributed by atoms with E-state index < -0.39 is 29.6 Å². The van der Waals surface area contributed by atoms with Gasteiger partial charge in [0.2, 0.25) is 0 Å². The highest BCUT2D eigenvalue weighted by Crippen LogP contribution is 2.15. The normalized spacial score (nSPS) is 10.2. The number of hydrogen-bond acceptors (Lipinski definition) is 6. The van der Waals surface area contributed by atoms with E-state index >= 15 is 0 Å². The second-order valence-corrected chi connectivity index (χ2v) is 4.46. The number of rotatable bonds is 7. The molecule has 120 valence electrons. The van der Waals surface area contributed by atoms with Gasteiger partial charge in [-0.25, -0.2) is 4.39 Å². The monoisotopic (exact) mass is 312 g/mol. The van der Waals surface area contributed by atoms with Crippen LogP contribution in [0.25, 0.3) is 0 Å². The number of halogens is 1. The molecule has 0 atom stereocenters. The molecule has 0 fully saturated rings. The Hall–Kier alpha value is -2.44. The van der Waals surface area contributed by atoms with Crippen LogP contribution in [-0.2, 0) is 35.2 Å². The number of hydrogen-bond donors (Lipinski definition) is 0. The molecule has 0 saturated heterocycles. The fourth-order valence-electron chi connectivity index (χ4n) is 1.69. The van der Waals surface area contributed by atoms with Gasteiger partial charge in [-0.2, -0.15) is 0 Å². The van der Waals surface area contributed by atoms with Gasteiger partial charge in [0.15, 0.2) is 0 Å². The molecule has 1 rings (SSSR count). The summed E-state index contributed by atoms with van der Waals surface area (Å²) in [6.07, 6.45) is -0.636. The lowest BCUT2D eigenvalue weighted by Gasteiger charge is -2.14. The van der Waals surface area contributed by atoms with E-state index in [1.165, 1.54) is 32.4 Å². The van der Waals surface area contributed by atoms with Crippen LogP contribution < -0.4 is 0 Å². The fraction of sp³-hybridized carbons (Fsp3) is 0.400. The minimum Gasteiger partial charge on any atom is -0.469 e. The van der Waals surface area contributed by atoms with Gasteiger partial charge in [0.1, 0.15) is 12.4 Å². The molecule has 22 heavy (non-hydrogen) atoms. The fourth-order valence-corrected chi connectivity index (χ4v) is 1.69. The van der Waals surface area contributed by atoms with Crippen molar-refractivity contribution in [2.24, 2.45) is 5.92 Å². The van der Waals surface area contributed by atoms with E-state index in [0.717, 1.165) is 0 Å². The Balaban J connectivity index is 2.68. The van der Waals surface area contributed by atoms with Crippen molar-refractivity contribution in [3.63, 3.8) is 0 Å². The quantitative estimate of drug-likeness (QED) is 0.562. The zero-order valence-corrected chi connectivity index (χ0v) is 12.3. The average Bonchev–Trinajstić information content (AvgIpc) is 2.52. The average molecular weight is 312 g/mol. The summed E-state index contributed by atoms with van der Waals surface area (Å²) in [6, 6.07) is 5.83. The van der Waals surface area contributed by atoms with E-state index in [1.54, 1.807) is 6.07 Å². The van der Waals surface area contributed by atoms with Crippen LogP contribution >= 0.6 is 0 Å². The van der Waals surface area contributed by atoms with Gasteiger partial charge in [0.05, 0.1) is 33.0 Å². The largest absolute Gasteiger partial charge is 0.469 e. The molecule has 0 N–H and O–H groups in total. The maximum Gasteiger partial charge on any atom is 0.310 e. The molecule has 0 aliphatic carbocycles. The maximum absolute atomic E-state index is 13.4. The van der Waals surface area contributed by atoms with Crippen LogP contribution in [0.4, 0.5) is 4.39 Å². The SMILES string of the molecule is COC(=O)CC(CC(=O)OC)C(=O)OCc1ccccc1F. The number of carbonyl (C=O) groups is 3. The Morgan fingerprint density at radius 2 is 1.59 bits per heavy atom. The van der Waals surface area contributed by atoms with Crippen LogP contribution in [0.15, 0.2) is 24.3 Å². The molecule has 6 nitrogen and oxygen atoms in total. The topological polar surface area (TPSA) is 78.9 Å². The highest BCUT2D eigenvalue weighted by molar-refractivity contribution is 5.84. The number of benzene rings is 1. The highest BCUT2D eigenvalue weighted by atomic mass is 19.1. The molecule has 0 heterocycles. The Labute approximate surface area is 127 Å². The van der Waals surface area contributed by atoms with Crippen molar-refractivity contribution in [3.05, 3.63) is 35.6 Å². The lowest BCUT2D eigenvalue weighted by atomic mass is 10.0. The highest BCUT2D eigenvalue weighted by Gasteiger charge is 2.27. The number of carbonyl (C=O) groups excluding carboxylic acids is 3. The van der Waals surface area contributed by atoms with Crippen LogP contribution in [0.1, 0.15) is 18.4 Å². The van der Waals surface area contributed by atoms with Crippen molar-refractivity contribution in [2.45, 2.75) is 19.4 Å². The number of ether oxygens (including phenoxy) is 3. The third-order valence-electron chi connectivity index (χ3n) is 2.94. The minimum atomic E-state index is -1.04. The molecule has 0 radical (unpaired) electrons. The molecule has 0 bridgehead atoms. The number of esters is 3. The molecule has 0 unspecified atom stereocenters. The third-order valence-corrected chi connectivity index (χ3v) is 2.94. The first-order chi connectivity index (χ1) is 10.5. The third kappa shape index (κ3) is 5.51. The lowest BCUT2D eigenvalue weighted by Crippen LogP contribution is -2.25. The molecule has 0 spiro atoms. The van der Waals surface area contributed by atoms with Crippen molar-refractivity contribution in [2.75, 3.05) is 14.2 Å². The smallest absolute Gasteiger partial charge is 0.310 e. The van der Waals surface area contributed by atoms with E-state index in [9.17, 15) is 18.8 Å². The van der Waals surface area contributed by atoms with E-state index in [-0.39, 0.29) is 25.0 Å². The van der Waals surface area contributed by atoms with Gasteiger partial charge >= 0.3 is 17.9 Å². The summed E-state index contributed by atoms with van der Waals surface area (Å²) >= 11 is 0. The van der Waals surface area contributed by atoms with Gasteiger partial charge in [0, 0.05) is 5.56 Å². The summed E-state index contributed by atoms with van der Waals surface area (Å²) in [5, 5.41) is 0. The zero-order chi connectivity index (χ0) is 16.5. The van der Waals surface area contributed by atoms with Gasteiger partial charge < -0.3 is 14.2 Å². The lowest BCUT2D eigenvalue weighted by molar-refractivity contribution is -0.158. The van der Waals surface area contributed by atoms with Gasteiger partial charge in [-0.1, -0.05) is 18.2 Å². The first-order valence-corrected chi connectivity index (χ1v) is 6.51. The van der Waals surface area contributed by atoms with Gasteiger partial charge in [0.25, 0.3) is 0 Å². The van der Waals surface area contributed by atoms with Crippen molar-refractivity contribution in [1.82, 2.24) is 0 Å². The zero-order valence-electron chi connectivity index (χ0n) is 12.3. The summed E-state index contributed by atoms with van der Waals surface area (Å²) in [7, 11) is 2.34. The maximum atomic E-state index is 13.4. The van der Waals surface area contributed by atoms with Crippen LogP contribution in [0.3, 0.4) is 0 Å². The van der Waals surface area contributed by atoms with Gasteiger partial charge in [-0.05, 0) is 6.07 Å². The Kier molecular flexibility index (Phi) is 7.01. The summed E-state index contributed by atoms with van der Waals surface area (Å²) in [5.74, 6) is -3.65. The molecular formula is C15H17FO6. The van der Waals surface area contributed by atoms with Crippen LogP contribution in [-0.4, -0.2) is 32.1 Å². The summed E-state index contributed by atoms with van der Waals surface area (Å²) in [5.41, 5.74) is 0.200. The Bertz CT molecular complexity index is 525. The van der Waals surface area contributed by atoms with Crippen molar-refractivity contribution < 1.29 is 33.0 Å². The van der Waals surface area contributed by atoms with Crippen molar-refractivity contribution in [1.29, 1.82) is 0 Å². The predicted octanol–water partition coefficient (Wildman–Crippen LogP) is 1.61. The van der Waals surface area contributed by atoms with E-state index in [2.05, 4.69) is 9.47 Å². The first kappa shape index (κ1) is 17.6. The molecular weight excluding hydrogens is 295 g/mol. The predicted molar refractivity (Wildman–Crippen MR) is 73.0 cm³/mol. The summed E-state index contributed by atoms with van der Waals surface area (Å²) in [4.78, 5) is 34.5. The second kappa shape index (κ2) is 8.76. The van der Waals surface area contributed by atoms with Gasteiger partial charge in [-0.3, -0.25) is 14.4 Å². The summed E-state index contributed by atoms with van der Waals surface area (Å²) < 4.78 is 27.3. The van der Waals surface area contributed by atoms with E-state index in [1.807, 2.05) is 0 Å².